The fraction of sp³-hybridized carbons (Fsp3) is 0.364. The van der Waals surface area contributed by atoms with Gasteiger partial charge in [-0.25, -0.2) is 0 Å². The van der Waals surface area contributed by atoms with Gasteiger partial charge in [-0.3, -0.25) is 19.7 Å². The summed E-state index contributed by atoms with van der Waals surface area (Å²) in [6.07, 6.45) is 0. The number of nitrogens with two attached hydrogens (primary N) is 1. The number of aryl methyl sites for hydroxylation is 1. The van der Waals surface area contributed by atoms with Gasteiger partial charge in [-0.05, 0) is 20.8 Å². The van der Waals surface area contributed by atoms with E-state index in [0.29, 0.717) is 0 Å². The molecule has 1 aromatic rings. The van der Waals surface area contributed by atoms with Crippen molar-refractivity contribution in [1.82, 2.24) is 0 Å². The summed E-state index contributed by atoms with van der Waals surface area (Å²) in [5.41, 5.74) is 5.21. The minimum atomic E-state index is -0.824. The number of carbonyl (C=O) groups is 3. The Morgan fingerprint density at radius 1 is 1.33 bits per heavy atom. The molecule has 1 unspecified atom stereocenters. The lowest BCUT2D eigenvalue weighted by Gasteiger charge is -2.04. The number of carbonyl (C=O) groups excluding carboxylic acids is 3. The summed E-state index contributed by atoms with van der Waals surface area (Å²) in [7, 11) is 0. The summed E-state index contributed by atoms with van der Waals surface area (Å²) in [5.74, 6) is -1.43. The lowest BCUT2D eigenvalue weighted by atomic mass is 10.1. The molecular weight excluding hydrogens is 304 g/mol. The van der Waals surface area contributed by atoms with Gasteiger partial charge in [0.05, 0.1) is 10.4 Å². The Bertz CT molecular complexity index is 519. The van der Waals surface area contributed by atoms with Crippen LogP contribution in [-0.4, -0.2) is 22.4 Å². The Morgan fingerprint density at radius 3 is 2.28 bits per heavy atom. The Labute approximate surface area is 112 Å². The average molecular weight is 317 g/mol. The second-order valence-electron chi connectivity index (χ2n) is 3.76. The Hall–Kier alpha value is -1.63. The van der Waals surface area contributed by atoms with Crippen LogP contribution < -0.4 is 11.1 Å². The molecule has 2 amide bonds. The number of halogens is 1. The van der Waals surface area contributed by atoms with Crippen LogP contribution in [0.25, 0.3) is 0 Å². The maximum atomic E-state index is 11.5. The van der Waals surface area contributed by atoms with Crippen LogP contribution in [0, 0.1) is 6.92 Å². The molecule has 6 nitrogen and oxygen atoms in total. The first-order valence-corrected chi connectivity index (χ1v) is 6.06. The minimum Gasteiger partial charge on any atom is -0.444 e. The normalized spacial score (nSPS) is 12.0. The number of hydrogen-bond acceptors (Lipinski definition) is 4. The number of amides is 2. The summed E-state index contributed by atoms with van der Waals surface area (Å²) in [6.45, 7) is 4.43. The zero-order valence-corrected chi connectivity index (χ0v) is 11.8. The van der Waals surface area contributed by atoms with E-state index in [4.69, 9.17) is 10.2 Å². The van der Waals surface area contributed by atoms with Gasteiger partial charge in [-0.1, -0.05) is 15.9 Å². The highest BCUT2D eigenvalue weighted by molar-refractivity contribution is 9.10. The number of ketones is 1. The van der Waals surface area contributed by atoms with E-state index in [0.717, 1.165) is 0 Å². The topological polar surface area (TPSA) is 102 Å². The second kappa shape index (κ2) is 5.34. The Kier molecular flexibility index (Phi) is 4.28. The van der Waals surface area contributed by atoms with Gasteiger partial charge < -0.3 is 10.2 Å². The molecule has 98 valence electrons. The predicted molar refractivity (Wildman–Crippen MR) is 69.0 cm³/mol. The molecule has 0 radical (unpaired) electrons. The molecule has 3 N–H and O–H groups in total. The first-order valence-electron chi connectivity index (χ1n) is 5.14. The van der Waals surface area contributed by atoms with Crippen molar-refractivity contribution in [2.24, 2.45) is 5.73 Å². The lowest BCUT2D eigenvalue weighted by Crippen LogP contribution is -2.23. The number of furan rings is 1. The van der Waals surface area contributed by atoms with Crippen LogP contribution in [0.15, 0.2) is 4.42 Å². The summed E-state index contributed by atoms with van der Waals surface area (Å²) in [5, 5.41) is 2.40. The molecule has 0 spiro atoms. The molecule has 0 aromatic carbocycles. The zero-order chi connectivity index (χ0) is 14.0. The number of hydrogen-bond donors (Lipinski definition) is 2. The van der Waals surface area contributed by atoms with Crippen LogP contribution in [0.2, 0.25) is 0 Å². The molecular formula is C11H13BrN2O4. The highest BCUT2D eigenvalue weighted by Gasteiger charge is 2.26. The molecule has 0 saturated heterocycles. The van der Waals surface area contributed by atoms with E-state index in [9.17, 15) is 14.4 Å². The van der Waals surface area contributed by atoms with Crippen molar-refractivity contribution >= 4 is 39.4 Å². The van der Waals surface area contributed by atoms with Crippen molar-refractivity contribution in [1.29, 1.82) is 0 Å². The van der Waals surface area contributed by atoms with E-state index in [2.05, 4.69) is 21.2 Å². The number of alkyl halides is 1. The van der Waals surface area contributed by atoms with Crippen molar-refractivity contribution < 1.29 is 18.8 Å². The third-order valence-corrected chi connectivity index (χ3v) is 2.70. The highest BCUT2D eigenvalue weighted by atomic mass is 79.9. The van der Waals surface area contributed by atoms with E-state index in [1.807, 2.05) is 0 Å². The van der Waals surface area contributed by atoms with E-state index >= 15 is 0 Å². The molecule has 0 bridgehead atoms. The largest absolute Gasteiger partial charge is 0.444 e. The van der Waals surface area contributed by atoms with Gasteiger partial charge in [0.1, 0.15) is 11.3 Å². The maximum absolute atomic E-state index is 11.5. The summed E-state index contributed by atoms with van der Waals surface area (Å²) in [4.78, 5) is 33.8. The molecule has 0 aliphatic rings. The van der Waals surface area contributed by atoms with E-state index in [1.165, 1.54) is 13.8 Å². The van der Waals surface area contributed by atoms with Gasteiger partial charge in [0.15, 0.2) is 5.78 Å². The number of primary amides is 1. The first-order chi connectivity index (χ1) is 8.25. The fourth-order valence-electron chi connectivity index (χ4n) is 1.50. The summed E-state index contributed by atoms with van der Waals surface area (Å²) >= 11 is 3.08. The van der Waals surface area contributed by atoms with Crippen molar-refractivity contribution in [2.75, 3.05) is 5.32 Å². The fourth-order valence-corrected chi connectivity index (χ4v) is 1.62. The second-order valence-corrected chi connectivity index (χ2v) is 5.14. The van der Waals surface area contributed by atoms with E-state index in [-0.39, 0.29) is 28.6 Å². The highest BCUT2D eigenvalue weighted by Crippen LogP contribution is 2.27. The van der Waals surface area contributed by atoms with Crippen molar-refractivity contribution in [3.8, 4) is 0 Å². The molecule has 7 heteroatoms. The molecule has 0 saturated carbocycles. The lowest BCUT2D eigenvalue weighted by molar-refractivity contribution is -0.115. The Balaban J connectivity index is 3.29. The molecule has 1 heterocycles. The molecule has 0 fully saturated rings. The standard InChI is InChI=1S/C11H13BrN2O4/c1-4(12)10(17)14-11-8(9(13)16)7(5(2)15)6(3)18-11/h4H,1-3H3,(H2,13,16)(H,14,17). The molecule has 0 aliphatic heterocycles. The van der Waals surface area contributed by atoms with Crippen LogP contribution in [-0.2, 0) is 4.79 Å². The number of nitrogens with one attached hydrogen (secondary N) is 1. The number of Topliss-reactive ketones (excluding diaryl/α,β-unsaturated/α-hetero) is 1. The van der Waals surface area contributed by atoms with Crippen molar-refractivity contribution in [2.45, 2.75) is 25.6 Å². The van der Waals surface area contributed by atoms with Crippen LogP contribution >= 0.6 is 15.9 Å². The summed E-state index contributed by atoms with van der Waals surface area (Å²) in [6, 6.07) is 0. The minimum absolute atomic E-state index is 0.0958. The monoisotopic (exact) mass is 316 g/mol. The Morgan fingerprint density at radius 2 is 1.89 bits per heavy atom. The zero-order valence-electron chi connectivity index (χ0n) is 10.2. The quantitative estimate of drug-likeness (QED) is 0.650. The van der Waals surface area contributed by atoms with Gasteiger partial charge >= 0.3 is 0 Å². The van der Waals surface area contributed by atoms with Crippen LogP contribution in [0.4, 0.5) is 5.88 Å². The average Bonchev–Trinajstić information content (AvgIpc) is 2.54. The SMILES string of the molecule is CC(=O)c1c(C)oc(NC(=O)C(C)Br)c1C(N)=O. The number of rotatable bonds is 4. The van der Waals surface area contributed by atoms with Gasteiger partial charge in [-0.2, -0.15) is 0 Å². The number of anilines is 1. The smallest absolute Gasteiger partial charge is 0.255 e. The van der Waals surface area contributed by atoms with Crippen LogP contribution in [0.1, 0.15) is 40.3 Å². The van der Waals surface area contributed by atoms with Crippen molar-refractivity contribution in [3.05, 3.63) is 16.9 Å². The molecule has 18 heavy (non-hydrogen) atoms. The molecule has 1 aromatic heterocycles. The third-order valence-electron chi connectivity index (χ3n) is 2.28. The predicted octanol–water partition coefficient (Wildman–Crippen LogP) is 1.61. The van der Waals surface area contributed by atoms with E-state index in [1.54, 1.807) is 6.92 Å². The van der Waals surface area contributed by atoms with Crippen LogP contribution in [0.5, 0.6) is 0 Å². The van der Waals surface area contributed by atoms with Gasteiger partial charge in [0.2, 0.25) is 11.8 Å². The molecule has 0 aliphatic carbocycles. The van der Waals surface area contributed by atoms with Gasteiger partial charge in [-0.15, -0.1) is 0 Å². The first kappa shape index (κ1) is 14.4. The third kappa shape index (κ3) is 2.79. The van der Waals surface area contributed by atoms with E-state index < -0.39 is 16.6 Å². The molecule has 1 rings (SSSR count). The maximum Gasteiger partial charge on any atom is 0.255 e. The molecule has 1 atom stereocenters. The van der Waals surface area contributed by atoms with Crippen molar-refractivity contribution in [3.63, 3.8) is 0 Å². The van der Waals surface area contributed by atoms with Gasteiger partial charge in [0, 0.05) is 0 Å². The summed E-state index contributed by atoms with van der Waals surface area (Å²) < 4.78 is 5.21. The van der Waals surface area contributed by atoms with Crippen LogP contribution in [0.3, 0.4) is 0 Å². The van der Waals surface area contributed by atoms with Gasteiger partial charge in [0.25, 0.3) is 5.91 Å².